The van der Waals surface area contributed by atoms with Gasteiger partial charge in [0, 0.05) is 25.1 Å². The number of nitrogens with one attached hydrogen (secondary N) is 2. The van der Waals surface area contributed by atoms with E-state index in [1.54, 1.807) is 11.9 Å². The Morgan fingerprint density at radius 3 is 2.64 bits per heavy atom. The molecule has 1 aliphatic rings. The number of carbonyl (C=O) groups excluding carboxylic acids is 3. The Bertz CT molecular complexity index is 419. The molecule has 1 rings (SSSR count). The zero-order valence-electron chi connectivity index (χ0n) is 13.2. The van der Waals surface area contributed by atoms with Gasteiger partial charge in [0.25, 0.3) is 0 Å². The normalized spacial score (nSPS) is 20.4. The first-order chi connectivity index (χ1) is 10.5. The smallest absolute Gasteiger partial charge is 0.246 e. The number of alkyl halides is 1. The van der Waals surface area contributed by atoms with Gasteiger partial charge in [-0.25, -0.2) is 0 Å². The highest BCUT2D eigenvalue weighted by Gasteiger charge is 2.38. The van der Waals surface area contributed by atoms with Gasteiger partial charge in [-0.2, -0.15) is 0 Å². The standard InChI is InChI=1S/C14H24IN3O4/c1-9(7-15)12(17-11(19)8-22-3)14(21)18-6-4-5-10(18)13(20)16-2/h9-10,12H,4-8H2,1-3H3,(H,16,20)(H,17,19). The van der Waals surface area contributed by atoms with Crippen LogP contribution in [0.4, 0.5) is 0 Å². The van der Waals surface area contributed by atoms with Crippen molar-refractivity contribution in [3.63, 3.8) is 0 Å². The van der Waals surface area contributed by atoms with Crippen LogP contribution in [-0.2, 0) is 19.1 Å². The van der Waals surface area contributed by atoms with Crippen LogP contribution in [0.15, 0.2) is 0 Å². The highest BCUT2D eigenvalue weighted by Crippen LogP contribution is 2.21. The molecule has 0 saturated carbocycles. The molecule has 1 fully saturated rings. The molecule has 0 aromatic rings. The van der Waals surface area contributed by atoms with Crippen molar-refractivity contribution in [1.82, 2.24) is 15.5 Å². The van der Waals surface area contributed by atoms with E-state index in [9.17, 15) is 14.4 Å². The molecule has 8 heteroatoms. The van der Waals surface area contributed by atoms with Gasteiger partial charge in [-0.15, -0.1) is 0 Å². The third-order valence-corrected chi connectivity index (χ3v) is 5.14. The fraction of sp³-hybridized carbons (Fsp3) is 0.786. The first-order valence-corrected chi connectivity index (χ1v) is 8.85. The maximum Gasteiger partial charge on any atom is 0.246 e. The molecule has 0 bridgehead atoms. The van der Waals surface area contributed by atoms with Gasteiger partial charge < -0.3 is 20.3 Å². The highest BCUT2D eigenvalue weighted by atomic mass is 127. The summed E-state index contributed by atoms with van der Waals surface area (Å²) in [5, 5.41) is 5.32. The van der Waals surface area contributed by atoms with Gasteiger partial charge in [-0.1, -0.05) is 29.5 Å². The molecule has 3 unspecified atom stereocenters. The molecule has 22 heavy (non-hydrogen) atoms. The van der Waals surface area contributed by atoms with Crippen LogP contribution in [0.5, 0.6) is 0 Å². The molecule has 1 heterocycles. The first kappa shape index (κ1) is 19.1. The second kappa shape index (κ2) is 9.29. The van der Waals surface area contributed by atoms with E-state index >= 15 is 0 Å². The summed E-state index contributed by atoms with van der Waals surface area (Å²) < 4.78 is 5.52. The number of amides is 3. The molecular formula is C14H24IN3O4. The fourth-order valence-corrected chi connectivity index (χ4v) is 3.04. The second-order valence-corrected chi connectivity index (χ2v) is 6.29. The van der Waals surface area contributed by atoms with Gasteiger partial charge in [-0.3, -0.25) is 14.4 Å². The van der Waals surface area contributed by atoms with Gasteiger partial charge in [0.05, 0.1) is 0 Å². The summed E-state index contributed by atoms with van der Waals surface area (Å²) >= 11 is 2.19. The second-order valence-electron chi connectivity index (χ2n) is 5.41. The van der Waals surface area contributed by atoms with Gasteiger partial charge in [0.1, 0.15) is 18.7 Å². The van der Waals surface area contributed by atoms with Crippen LogP contribution in [0.2, 0.25) is 0 Å². The average molecular weight is 425 g/mol. The van der Waals surface area contributed by atoms with Crippen molar-refractivity contribution in [3.05, 3.63) is 0 Å². The molecule has 0 spiro atoms. The van der Waals surface area contributed by atoms with E-state index in [-0.39, 0.29) is 30.2 Å². The summed E-state index contributed by atoms with van der Waals surface area (Å²) in [7, 11) is 2.99. The van der Waals surface area contributed by atoms with Crippen molar-refractivity contribution in [2.75, 3.05) is 31.7 Å². The quantitative estimate of drug-likeness (QED) is 0.442. The highest BCUT2D eigenvalue weighted by molar-refractivity contribution is 14.1. The SMILES string of the molecule is CNC(=O)C1CCCN1C(=O)C(NC(=O)COC)C(C)CI. The van der Waals surface area contributed by atoms with Gasteiger partial charge >= 0.3 is 0 Å². The van der Waals surface area contributed by atoms with Crippen LogP contribution < -0.4 is 10.6 Å². The number of nitrogens with zero attached hydrogens (tertiary/aromatic N) is 1. The topological polar surface area (TPSA) is 87.7 Å². The van der Waals surface area contributed by atoms with Gasteiger partial charge in [0.2, 0.25) is 17.7 Å². The number of hydrogen-bond acceptors (Lipinski definition) is 4. The van der Waals surface area contributed by atoms with Crippen molar-refractivity contribution in [2.24, 2.45) is 5.92 Å². The lowest BCUT2D eigenvalue weighted by atomic mass is 10.0. The van der Waals surface area contributed by atoms with Crippen LogP contribution >= 0.6 is 22.6 Å². The van der Waals surface area contributed by atoms with Crippen LogP contribution in [-0.4, -0.2) is 66.4 Å². The van der Waals surface area contributed by atoms with Crippen molar-refractivity contribution < 1.29 is 19.1 Å². The van der Waals surface area contributed by atoms with Crippen LogP contribution in [0.3, 0.4) is 0 Å². The Kier molecular flexibility index (Phi) is 8.08. The van der Waals surface area contributed by atoms with Crippen molar-refractivity contribution in [2.45, 2.75) is 31.8 Å². The molecule has 1 aliphatic heterocycles. The Balaban J connectivity index is 2.86. The molecule has 7 nitrogen and oxygen atoms in total. The molecule has 0 aromatic heterocycles. The van der Waals surface area contributed by atoms with Crippen molar-refractivity contribution in [1.29, 1.82) is 0 Å². The lowest BCUT2D eigenvalue weighted by Gasteiger charge is -2.30. The molecule has 0 aromatic carbocycles. The van der Waals surface area contributed by atoms with Crippen molar-refractivity contribution >= 4 is 40.3 Å². The number of halogens is 1. The lowest BCUT2D eigenvalue weighted by molar-refractivity contribution is -0.142. The minimum Gasteiger partial charge on any atom is -0.375 e. The predicted octanol–water partition coefficient (Wildman–Crippen LogP) is -0.0743. The molecule has 2 N–H and O–H groups in total. The summed E-state index contributed by atoms with van der Waals surface area (Å²) in [5.41, 5.74) is 0. The van der Waals surface area contributed by atoms with Crippen LogP contribution in [0.25, 0.3) is 0 Å². The van der Waals surface area contributed by atoms with Crippen LogP contribution in [0, 0.1) is 5.92 Å². The summed E-state index contributed by atoms with van der Waals surface area (Å²) in [6.07, 6.45) is 1.45. The van der Waals surface area contributed by atoms with Gasteiger partial charge in [0.15, 0.2) is 0 Å². The summed E-state index contributed by atoms with van der Waals surface area (Å²) in [4.78, 5) is 38.1. The van der Waals surface area contributed by atoms with E-state index in [4.69, 9.17) is 4.74 Å². The zero-order valence-corrected chi connectivity index (χ0v) is 15.4. The molecule has 0 radical (unpaired) electrons. The van der Waals surface area contributed by atoms with Crippen molar-refractivity contribution in [3.8, 4) is 0 Å². The third-order valence-electron chi connectivity index (χ3n) is 3.76. The largest absolute Gasteiger partial charge is 0.375 e. The predicted molar refractivity (Wildman–Crippen MR) is 90.7 cm³/mol. The molecule has 3 atom stereocenters. The molecule has 126 valence electrons. The van der Waals surface area contributed by atoms with E-state index < -0.39 is 12.1 Å². The van der Waals surface area contributed by atoms with E-state index in [0.717, 1.165) is 10.8 Å². The summed E-state index contributed by atoms with van der Waals surface area (Å²) in [5.74, 6) is -0.706. The minimum absolute atomic E-state index is 0.0279. The van der Waals surface area contributed by atoms with E-state index in [1.165, 1.54) is 7.11 Å². The number of likely N-dealkylation sites (tertiary alicyclic amines) is 1. The first-order valence-electron chi connectivity index (χ1n) is 7.32. The number of likely N-dealkylation sites (N-methyl/N-ethyl adjacent to an activating group) is 1. The Labute approximate surface area is 144 Å². The molecule has 0 aliphatic carbocycles. The van der Waals surface area contributed by atoms with E-state index in [2.05, 4.69) is 33.2 Å². The molecule has 1 saturated heterocycles. The van der Waals surface area contributed by atoms with Gasteiger partial charge in [-0.05, 0) is 18.8 Å². The summed E-state index contributed by atoms with van der Waals surface area (Å²) in [6, 6.07) is -1.08. The third kappa shape index (κ3) is 4.80. The average Bonchev–Trinajstić information content (AvgIpc) is 3.00. The maximum atomic E-state index is 12.8. The Morgan fingerprint density at radius 1 is 1.41 bits per heavy atom. The molecular weight excluding hydrogens is 401 g/mol. The van der Waals surface area contributed by atoms with E-state index in [1.807, 2.05) is 6.92 Å². The Hall–Kier alpha value is -0.900. The number of hydrogen-bond donors (Lipinski definition) is 2. The zero-order chi connectivity index (χ0) is 16.7. The maximum absolute atomic E-state index is 12.8. The number of methoxy groups -OCH3 is 1. The number of ether oxygens (including phenoxy) is 1. The number of rotatable bonds is 7. The minimum atomic E-state index is -0.634. The summed E-state index contributed by atoms with van der Waals surface area (Å²) in [6.45, 7) is 2.37. The Morgan fingerprint density at radius 2 is 2.09 bits per heavy atom. The molecule has 3 amide bonds. The van der Waals surface area contributed by atoms with E-state index in [0.29, 0.717) is 13.0 Å². The monoisotopic (exact) mass is 425 g/mol. The number of carbonyl (C=O) groups is 3. The lowest BCUT2D eigenvalue weighted by Crippen LogP contribution is -2.56. The van der Waals surface area contributed by atoms with Crippen LogP contribution in [0.1, 0.15) is 19.8 Å². The fourth-order valence-electron chi connectivity index (χ4n) is 2.53.